The Morgan fingerprint density at radius 1 is 1.15 bits per heavy atom. The maximum absolute atomic E-state index is 6.08. The third-order valence-electron chi connectivity index (χ3n) is 4.24. The first kappa shape index (κ1) is 16.9. The van der Waals surface area contributed by atoms with Crippen molar-refractivity contribution in [3.8, 4) is 34.5 Å². The quantitative estimate of drug-likeness (QED) is 0.492. The standard InChI is InChI=1S/C19H15ClN2O3S/c1-23-12-4-5-13(16(9-12)24-2)17-21-18-14(19(26)22-17)8-10-7-11(20)3-6-15(10)25-18/h3-7,9H,8H2,1-2H3,(H,21,22,26). The maximum Gasteiger partial charge on any atom is 0.205 e. The van der Waals surface area contributed by atoms with Crippen LogP contribution in [0.25, 0.3) is 11.4 Å². The number of aromatic amines is 1. The van der Waals surface area contributed by atoms with Crippen molar-refractivity contribution in [2.75, 3.05) is 14.2 Å². The molecule has 0 saturated carbocycles. The van der Waals surface area contributed by atoms with Crippen LogP contribution in [0.2, 0.25) is 5.02 Å². The lowest BCUT2D eigenvalue weighted by Gasteiger charge is -2.21. The van der Waals surface area contributed by atoms with Crippen molar-refractivity contribution in [3.05, 3.63) is 57.2 Å². The minimum absolute atomic E-state index is 0.484. The second-order valence-electron chi connectivity index (χ2n) is 5.80. The smallest absolute Gasteiger partial charge is 0.205 e. The molecule has 26 heavy (non-hydrogen) atoms. The van der Waals surface area contributed by atoms with Crippen molar-refractivity contribution in [1.29, 1.82) is 0 Å². The van der Waals surface area contributed by atoms with Gasteiger partial charge >= 0.3 is 0 Å². The number of rotatable bonds is 3. The van der Waals surface area contributed by atoms with Crippen molar-refractivity contribution in [3.63, 3.8) is 0 Å². The van der Waals surface area contributed by atoms with Crippen LogP contribution in [-0.4, -0.2) is 24.2 Å². The van der Waals surface area contributed by atoms with Gasteiger partial charge < -0.3 is 19.2 Å². The van der Waals surface area contributed by atoms with E-state index in [2.05, 4.69) is 9.97 Å². The number of benzene rings is 2. The molecular formula is C19H15ClN2O3S. The lowest BCUT2D eigenvalue weighted by molar-refractivity contribution is 0.395. The third kappa shape index (κ3) is 2.91. The molecule has 0 amide bonds. The van der Waals surface area contributed by atoms with Crippen molar-refractivity contribution in [2.45, 2.75) is 6.42 Å². The first-order valence-electron chi connectivity index (χ1n) is 7.91. The zero-order valence-corrected chi connectivity index (χ0v) is 15.7. The molecule has 0 fully saturated rings. The maximum atomic E-state index is 6.08. The van der Waals surface area contributed by atoms with Crippen LogP contribution in [0.3, 0.4) is 0 Å². The molecule has 2 heterocycles. The summed E-state index contributed by atoms with van der Waals surface area (Å²) >= 11 is 11.6. The Hall–Kier alpha value is -2.57. The number of H-pyrrole nitrogens is 1. The fraction of sp³-hybridized carbons (Fsp3) is 0.158. The molecule has 0 bridgehead atoms. The summed E-state index contributed by atoms with van der Waals surface area (Å²) in [7, 11) is 3.21. The van der Waals surface area contributed by atoms with Crippen LogP contribution in [0.4, 0.5) is 0 Å². The molecule has 0 atom stereocenters. The average Bonchev–Trinajstić information content (AvgIpc) is 2.66. The van der Waals surface area contributed by atoms with E-state index in [0.717, 1.165) is 22.4 Å². The Kier molecular flexibility index (Phi) is 4.30. The highest BCUT2D eigenvalue weighted by Gasteiger charge is 2.22. The molecule has 0 spiro atoms. The van der Waals surface area contributed by atoms with Crippen LogP contribution in [-0.2, 0) is 6.42 Å². The fourth-order valence-corrected chi connectivity index (χ4v) is 3.38. The summed E-state index contributed by atoms with van der Waals surface area (Å²) in [6.07, 6.45) is 0.619. The number of hydrogen-bond acceptors (Lipinski definition) is 5. The lowest BCUT2D eigenvalue weighted by atomic mass is 10.0. The molecule has 1 aliphatic rings. The van der Waals surface area contributed by atoms with E-state index in [9.17, 15) is 0 Å². The van der Waals surface area contributed by atoms with Gasteiger partial charge in [-0.1, -0.05) is 23.8 Å². The van der Waals surface area contributed by atoms with Crippen LogP contribution >= 0.6 is 23.8 Å². The van der Waals surface area contributed by atoms with Gasteiger partial charge in [-0.05, 0) is 30.3 Å². The van der Waals surface area contributed by atoms with E-state index in [4.69, 9.17) is 38.0 Å². The van der Waals surface area contributed by atoms with Crippen molar-refractivity contribution in [2.24, 2.45) is 0 Å². The normalized spacial score (nSPS) is 12.0. The van der Waals surface area contributed by atoms with Crippen LogP contribution in [0.5, 0.6) is 23.1 Å². The summed E-state index contributed by atoms with van der Waals surface area (Å²) in [6.45, 7) is 0. The van der Waals surface area contributed by atoms with Crippen molar-refractivity contribution in [1.82, 2.24) is 9.97 Å². The van der Waals surface area contributed by atoms with Crippen LogP contribution in [0.1, 0.15) is 11.1 Å². The van der Waals surface area contributed by atoms with Crippen LogP contribution in [0, 0.1) is 4.64 Å². The van der Waals surface area contributed by atoms with E-state index >= 15 is 0 Å². The molecule has 5 nitrogen and oxygen atoms in total. The summed E-state index contributed by atoms with van der Waals surface area (Å²) in [5.74, 6) is 3.25. The van der Waals surface area contributed by atoms with Crippen LogP contribution in [0.15, 0.2) is 36.4 Å². The third-order valence-corrected chi connectivity index (χ3v) is 4.82. The molecule has 4 rings (SSSR count). The Bertz CT molecular complexity index is 1070. The van der Waals surface area contributed by atoms with E-state index < -0.39 is 0 Å². The van der Waals surface area contributed by atoms with Gasteiger partial charge in [-0.15, -0.1) is 0 Å². The second kappa shape index (κ2) is 6.63. The minimum atomic E-state index is 0.484. The monoisotopic (exact) mass is 386 g/mol. The van der Waals surface area contributed by atoms with Crippen molar-refractivity contribution >= 4 is 23.8 Å². The topological polar surface area (TPSA) is 56.4 Å². The number of fused-ring (bicyclic) bond motifs is 2. The first-order chi connectivity index (χ1) is 12.6. The first-order valence-corrected chi connectivity index (χ1v) is 8.69. The number of methoxy groups -OCH3 is 2. The number of hydrogen-bond donors (Lipinski definition) is 1. The highest BCUT2D eigenvalue weighted by molar-refractivity contribution is 7.71. The number of aromatic nitrogens is 2. The lowest BCUT2D eigenvalue weighted by Crippen LogP contribution is -2.08. The SMILES string of the molecule is COc1ccc(-c2nc(=S)c3c([nH]2)Oc2ccc(Cl)cc2C3)c(OC)c1. The molecule has 132 valence electrons. The zero-order valence-electron chi connectivity index (χ0n) is 14.1. The summed E-state index contributed by atoms with van der Waals surface area (Å²) in [5.41, 5.74) is 2.60. The predicted octanol–water partition coefficient (Wildman–Crippen LogP) is 5.17. The number of nitrogens with one attached hydrogen (secondary N) is 1. The van der Waals surface area contributed by atoms with Gasteiger partial charge in [0, 0.05) is 23.1 Å². The Labute approximate surface area is 160 Å². The Balaban J connectivity index is 1.81. The average molecular weight is 387 g/mol. The molecule has 0 aliphatic carbocycles. The second-order valence-corrected chi connectivity index (χ2v) is 6.62. The number of ether oxygens (including phenoxy) is 3. The van der Waals surface area contributed by atoms with E-state index in [1.54, 1.807) is 26.4 Å². The number of halogens is 1. The molecule has 1 N–H and O–H groups in total. The van der Waals surface area contributed by atoms with Gasteiger partial charge in [0.25, 0.3) is 0 Å². The molecule has 7 heteroatoms. The van der Waals surface area contributed by atoms with Gasteiger partial charge in [0.05, 0.1) is 25.3 Å². The summed E-state index contributed by atoms with van der Waals surface area (Å²) < 4.78 is 17.2. The number of nitrogens with zero attached hydrogens (tertiary/aromatic N) is 1. The Morgan fingerprint density at radius 2 is 2.00 bits per heavy atom. The molecule has 2 aromatic carbocycles. The van der Waals surface area contributed by atoms with E-state index in [-0.39, 0.29) is 0 Å². The van der Waals surface area contributed by atoms with Gasteiger partial charge in [-0.25, -0.2) is 4.98 Å². The molecule has 0 saturated heterocycles. The van der Waals surface area contributed by atoms with Crippen molar-refractivity contribution < 1.29 is 14.2 Å². The molecule has 1 aliphatic heterocycles. The molecule has 3 aromatic rings. The van der Waals surface area contributed by atoms with Crippen LogP contribution < -0.4 is 14.2 Å². The molecule has 1 aromatic heterocycles. The van der Waals surface area contributed by atoms with E-state index in [0.29, 0.717) is 39.3 Å². The van der Waals surface area contributed by atoms with Gasteiger partial charge in [0.2, 0.25) is 5.88 Å². The minimum Gasteiger partial charge on any atom is -0.497 e. The molecule has 0 unspecified atom stereocenters. The molecular weight excluding hydrogens is 372 g/mol. The zero-order chi connectivity index (χ0) is 18.3. The highest BCUT2D eigenvalue weighted by atomic mass is 35.5. The predicted molar refractivity (Wildman–Crippen MR) is 102 cm³/mol. The Morgan fingerprint density at radius 3 is 2.77 bits per heavy atom. The summed E-state index contributed by atoms with van der Waals surface area (Å²) in [4.78, 5) is 7.78. The van der Waals surface area contributed by atoms with E-state index in [1.807, 2.05) is 24.3 Å². The summed E-state index contributed by atoms with van der Waals surface area (Å²) in [6, 6.07) is 11.0. The van der Waals surface area contributed by atoms with Gasteiger partial charge in [0.1, 0.15) is 27.7 Å². The van der Waals surface area contributed by atoms with E-state index in [1.165, 1.54) is 0 Å². The van der Waals surface area contributed by atoms with Gasteiger partial charge in [-0.3, -0.25) is 0 Å². The fourth-order valence-electron chi connectivity index (χ4n) is 2.93. The summed E-state index contributed by atoms with van der Waals surface area (Å²) in [5, 5.41) is 0.665. The molecule has 0 radical (unpaired) electrons. The van der Waals surface area contributed by atoms with Gasteiger partial charge in [-0.2, -0.15) is 0 Å². The highest BCUT2D eigenvalue weighted by Crippen LogP contribution is 2.39. The van der Waals surface area contributed by atoms with Gasteiger partial charge in [0.15, 0.2) is 0 Å². The largest absolute Gasteiger partial charge is 0.497 e.